The highest BCUT2D eigenvalue weighted by Gasteiger charge is 2.37. The van der Waals surface area contributed by atoms with Crippen molar-refractivity contribution >= 4 is 0 Å². The zero-order chi connectivity index (χ0) is 9.42. The van der Waals surface area contributed by atoms with E-state index in [2.05, 4.69) is 0 Å². The van der Waals surface area contributed by atoms with Gasteiger partial charge in [-0.15, -0.1) is 0 Å². The molecule has 0 unspecified atom stereocenters. The molecule has 3 heteroatoms. The van der Waals surface area contributed by atoms with Gasteiger partial charge in [-0.2, -0.15) is 0 Å². The summed E-state index contributed by atoms with van der Waals surface area (Å²) in [6.45, 7) is 0.660. The third kappa shape index (κ3) is 1.52. The van der Waals surface area contributed by atoms with Gasteiger partial charge in [0.05, 0.1) is 0 Å². The first-order chi connectivity index (χ1) is 6.22. The molecule has 0 saturated heterocycles. The Morgan fingerprint density at radius 1 is 1.54 bits per heavy atom. The van der Waals surface area contributed by atoms with E-state index >= 15 is 0 Å². The van der Waals surface area contributed by atoms with Gasteiger partial charge in [0.15, 0.2) is 11.6 Å². The number of phenolic OH excluding ortho intramolecular Hbond substituents is 1. The minimum absolute atomic E-state index is 0.284. The summed E-state index contributed by atoms with van der Waals surface area (Å²) < 4.78 is 12.9. The van der Waals surface area contributed by atoms with Crippen molar-refractivity contribution in [3.63, 3.8) is 0 Å². The van der Waals surface area contributed by atoms with Crippen LogP contribution in [0, 0.1) is 11.7 Å². The first kappa shape index (κ1) is 8.51. The molecule has 0 amide bonds. The molecule has 1 aromatic carbocycles. The van der Waals surface area contributed by atoms with Crippen LogP contribution in [0.1, 0.15) is 17.9 Å². The molecule has 1 aliphatic rings. The standard InChI is InChI=1S/C10H12FNO/c11-9-4-6(1-2-10(9)13)8-3-7(8)5-12/h1-2,4,7-8,13H,3,5,12H2/t7-,8-/m0/s1. The quantitative estimate of drug-likeness (QED) is 0.727. The molecule has 0 heterocycles. The van der Waals surface area contributed by atoms with E-state index < -0.39 is 5.82 Å². The van der Waals surface area contributed by atoms with Crippen molar-refractivity contribution in [1.82, 2.24) is 0 Å². The Hall–Kier alpha value is -1.09. The van der Waals surface area contributed by atoms with Crippen LogP contribution in [0.4, 0.5) is 4.39 Å². The molecular weight excluding hydrogens is 169 g/mol. The van der Waals surface area contributed by atoms with E-state index in [-0.39, 0.29) is 5.75 Å². The molecule has 3 N–H and O–H groups in total. The van der Waals surface area contributed by atoms with Crippen LogP contribution in [-0.2, 0) is 0 Å². The van der Waals surface area contributed by atoms with Crippen molar-refractivity contribution in [3.05, 3.63) is 29.6 Å². The molecule has 2 rings (SSSR count). The van der Waals surface area contributed by atoms with Gasteiger partial charge in [0, 0.05) is 0 Å². The summed E-state index contributed by atoms with van der Waals surface area (Å²) in [6, 6.07) is 4.56. The normalized spacial score (nSPS) is 26.0. The van der Waals surface area contributed by atoms with Crippen LogP contribution in [0.15, 0.2) is 18.2 Å². The van der Waals surface area contributed by atoms with Gasteiger partial charge in [0.1, 0.15) is 0 Å². The third-order valence-electron chi connectivity index (χ3n) is 2.63. The molecule has 13 heavy (non-hydrogen) atoms. The Labute approximate surface area is 76.2 Å². The number of nitrogens with two attached hydrogens (primary N) is 1. The average molecular weight is 181 g/mol. The smallest absolute Gasteiger partial charge is 0.165 e. The molecule has 2 atom stereocenters. The second kappa shape index (κ2) is 3.00. The van der Waals surface area contributed by atoms with Gasteiger partial charge in [-0.3, -0.25) is 0 Å². The molecular formula is C10H12FNO. The fourth-order valence-corrected chi connectivity index (χ4v) is 1.67. The second-order valence-electron chi connectivity index (χ2n) is 3.55. The number of rotatable bonds is 2. The first-order valence-corrected chi connectivity index (χ1v) is 4.41. The highest BCUT2D eigenvalue weighted by atomic mass is 19.1. The number of benzene rings is 1. The highest BCUT2D eigenvalue weighted by molar-refractivity contribution is 5.33. The van der Waals surface area contributed by atoms with Crippen LogP contribution in [0.2, 0.25) is 0 Å². The van der Waals surface area contributed by atoms with E-state index in [0.29, 0.717) is 18.4 Å². The maximum Gasteiger partial charge on any atom is 0.165 e. The maximum atomic E-state index is 12.9. The zero-order valence-electron chi connectivity index (χ0n) is 7.20. The van der Waals surface area contributed by atoms with E-state index in [1.807, 2.05) is 0 Å². The van der Waals surface area contributed by atoms with Crippen molar-refractivity contribution in [2.45, 2.75) is 12.3 Å². The van der Waals surface area contributed by atoms with Crippen molar-refractivity contribution in [2.75, 3.05) is 6.54 Å². The predicted molar refractivity (Wildman–Crippen MR) is 48.0 cm³/mol. The van der Waals surface area contributed by atoms with Crippen LogP contribution in [0.3, 0.4) is 0 Å². The Balaban J connectivity index is 2.19. The summed E-state index contributed by atoms with van der Waals surface area (Å²) in [5, 5.41) is 8.97. The highest BCUT2D eigenvalue weighted by Crippen LogP contribution is 2.47. The fraction of sp³-hybridized carbons (Fsp3) is 0.400. The third-order valence-corrected chi connectivity index (χ3v) is 2.63. The zero-order valence-corrected chi connectivity index (χ0v) is 7.20. The van der Waals surface area contributed by atoms with Crippen LogP contribution < -0.4 is 5.73 Å². The van der Waals surface area contributed by atoms with Crippen LogP contribution >= 0.6 is 0 Å². The molecule has 2 nitrogen and oxygen atoms in total. The summed E-state index contributed by atoms with van der Waals surface area (Å²) >= 11 is 0. The average Bonchev–Trinajstić information content (AvgIpc) is 2.88. The lowest BCUT2D eigenvalue weighted by Crippen LogP contribution is -2.01. The Kier molecular flexibility index (Phi) is 1.96. The maximum absolute atomic E-state index is 12.9. The van der Waals surface area contributed by atoms with Crippen molar-refractivity contribution in [2.24, 2.45) is 11.7 Å². The minimum Gasteiger partial charge on any atom is -0.505 e. The van der Waals surface area contributed by atoms with E-state index in [9.17, 15) is 4.39 Å². The molecule has 1 saturated carbocycles. The molecule has 1 aliphatic carbocycles. The van der Waals surface area contributed by atoms with Crippen LogP contribution in [-0.4, -0.2) is 11.7 Å². The lowest BCUT2D eigenvalue weighted by atomic mass is 10.1. The van der Waals surface area contributed by atoms with E-state index in [0.717, 1.165) is 12.0 Å². The van der Waals surface area contributed by atoms with Crippen LogP contribution in [0.25, 0.3) is 0 Å². The number of hydrogen-bond donors (Lipinski definition) is 2. The monoisotopic (exact) mass is 181 g/mol. The second-order valence-corrected chi connectivity index (χ2v) is 3.55. The van der Waals surface area contributed by atoms with E-state index in [1.54, 1.807) is 6.07 Å². The minimum atomic E-state index is -0.542. The fourth-order valence-electron chi connectivity index (χ4n) is 1.67. The Morgan fingerprint density at radius 3 is 2.85 bits per heavy atom. The van der Waals surface area contributed by atoms with Crippen molar-refractivity contribution in [1.29, 1.82) is 0 Å². The van der Waals surface area contributed by atoms with Crippen LogP contribution in [0.5, 0.6) is 5.75 Å². The summed E-state index contributed by atoms with van der Waals surface area (Å²) in [7, 11) is 0. The molecule has 0 bridgehead atoms. The number of aromatic hydroxyl groups is 1. The molecule has 0 radical (unpaired) electrons. The lowest BCUT2D eigenvalue weighted by Gasteiger charge is -2.00. The summed E-state index contributed by atoms with van der Waals surface area (Å²) in [6.07, 6.45) is 1.04. The molecule has 0 aromatic heterocycles. The van der Waals surface area contributed by atoms with Gasteiger partial charge in [-0.25, -0.2) is 4.39 Å². The number of hydrogen-bond acceptors (Lipinski definition) is 2. The summed E-state index contributed by atoms with van der Waals surface area (Å²) in [5.41, 5.74) is 6.44. The van der Waals surface area contributed by atoms with Gasteiger partial charge in [-0.1, -0.05) is 6.07 Å². The van der Waals surface area contributed by atoms with Gasteiger partial charge >= 0.3 is 0 Å². The van der Waals surface area contributed by atoms with Gasteiger partial charge in [0.2, 0.25) is 0 Å². The first-order valence-electron chi connectivity index (χ1n) is 4.41. The van der Waals surface area contributed by atoms with Crippen molar-refractivity contribution < 1.29 is 9.50 Å². The van der Waals surface area contributed by atoms with E-state index in [4.69, 9.17) is 10.8 Å². The van der Waals surface area contributed by atoms with Gasteiger partial charge in [0.25, 0.3) is 0 Å². The molecule has 70 valence electrons. The molecule has 1 fully saturated rings. The van der Waals surface area contributed by atoms with Gasteiger partial charge in [-0.05, 0) is 42.5 Å². The number of phenols is 1. The summed E-state index contributed by atoms with van der Waals surface area (Å²) in [4.78, 5) is 0. The summed E-state index contributed by atoms with van der Waals surface area (Å²) in [5.74, 6) is 0.0814. The molecule has 0 aliphatic heterocycles. The molecule has 1 aromatic rings. The van der Waals surface area contributed by atoms with E-state index in [1.165, 1.54) is 12.1 Å². The Morgan fingerprint density at radius 2 is 2.31 bits per heavy atom. The number of halogens is 1. The largest absolute Gasteiger partial charge is 0.505 e. The Bertz CT molecular complexity index is 327. The van der Waals surface area contributed by atoms with Crippen molar-refractivity contribution in [3.8, 4) is 5.75 Å². The topological polar surface area (TPSA) is 46.2 Å². The van der Waals surface area contributed by atoms with Gasteiger partial charge < -0.3 is 10.8 Å². The lowest BCUT2D eigenvalue weighted by molar-refractivity contribution is 0.431. The molecule has 0 spiro atoms. The predicted octanol–water partition coefficient (Wildman–Crippen LogP) is 1.59. The SMILES string of the molecule is NC[C@@H]1C[C@H]1c1ccc(O)c(F)c1.